The van der Waals surface area contributed by atoms with Crippen molar-refractivity contribution in [1.29, 1.82) is 0 Å². The maximum absolute atomic E-state index is 10.3. The second-order valence-electron chi connectivity index (χ2n) is 6.20. The van der Waals surface area contributed by atoms with Crippen LogP contribution in [0.1, 0.15) is 0 Å². The SMILES string of the molecule is O[C@H](CSc1ccc(Cl)cc1)C[NH+]1CCN(c2ccccc2)CC1. The average molecular weight is 364 g/mol. The number of anilines is 1. The summed E-state index contributed by atoms with van der Waals surface area (Å²) >= 11 is 7.58. The molecule has 3 rings (SSSR count). The van der Waals surface area contributed by atoms with E-state index in [1.54, 1.807) is 11.8 Å². The van der Waals surface area contributed by atoms with E-state index in [1.165, 1.54) is 10.6 Å². The molecule has 3 nitrogen and oxygen atoms in total. The normalized spacial score (nSPS) is 17.0. The monoisotopic (exact) mass is 363 g/mol. The van der Waals surface area contributed by atoms with Gasteiger partial charge in [-0.1, -0.05) is 29.8 Å². The van der Waals surface area contributed by atoms with Crippen molar-refractivity contribution in [2.24, 2.45) is 0 Å². The molecule has 1 atom stereocenters. The van der Waals surface area contributed by atoms with E-state index in [0.29, 0.717) is 0 Å². The molecular weight excluding hydrogens is 340 g/mol. The summed E-state index contributed by atoms with van der Waals surface area (Å²) in [7, 11) is 0. The van der Waals surface area contributed by atoms with Crippen molar-refractivity contribution in [1.82, 2.24) is 0 Å². The van der Waals surface area contributed by atoms with Crippen LogP contribution in [0.2, 0.25) is 5.02 Å². The summed E-state index contributed by atoms with van der Waals surface area (Å²) in [5.41, 5.74) is 1.30. The van der Waals surface area contributed by atoms with Crippen LogP contribution in [0.4, 0.5) is 5.69 Å². The van der Waals surface area contributed by atoms with Gasteiger partial charge in [-0.15, -0.1) is 11.8 Å². The van der Waals surface area contributed by atoms with E-state index in [9.17, 15) is 5.11 Å². The Balaban J connectivity index is 1.40. The van der Waals surface area contributed by atoms with Crippen molar-refractivity contribution in [2.45, 2.75) is 11.0 Å². The molecule has 2 aromatic carbocycles. The highest BCUT2D eigenvalue weighted by Crippen LogP contribution is 2.20. The third-order valence-electron chi connectivity index (χ3n) is 4.37. The van der Waals surface area contributed by atoms with Gasteiger partial charge in [0.05, 0.1) is 26.2 Å². The van der Waals surface area contributed by atoms with Crippen molar-refractivity contribution >= 4 is 29.1 Å². The Morgan fingerprint density at radius 2 is 1.71 bits per heavy atom. The fourth-order valence-corrected chi connectivity index (χ4v) is 4.00. The number of para-hydroxylation sites is 1. The van der Waals surface area contributed by atoms with Gasteiger partial charge >= 0.3 is 0 Å². The second kappa shape index (κ2) is 8.77. The first-order valence-corrected chi connectivity index (χ1v) is 9.77. The first kappa shape index (κ1) is 17.6. The predicted molar refractivity (Wildman–Crippen MR) is 102 cm³/mol. The Bertz CT molecular complexity index is 615. The van der Waals surface area contributed by atoms with Gasteiger partial charge in [-0.05, 0) is 36.4 Å². The Morgan fingerprint density at radius 1 is 1.04 bits per heavy atom. The van der Waals surface area contributed by atoms with Crippen LogP contribution in [0.15, 0.2) is 59.5 Å². The number of hydrogen-bond donors (Lipinski definition) is 2. The summed E-state index contributed by atoms with van der Waals surface area (Å²) in [5.74, 6) is 0.730. The molecule has 5 heteroatoms. The Morgan fingerprint density at radius 3 is 2.38 bits per heavy atom. The molecule has 2 N–H and O–H groups in total. The zero-order valence-electron chi connectivity index (χ0n) is 13.7. The topological polar surface area (TPSA) is 27.9 Å². The number of rotatable bonds is 6. The predicted octanol–water partition coefficient (Wildman–Crippen LogP) is 2.20. The molecule has 2 aromatic rings. The van der Waals surface area contributed by atoms with E-state index in [2.05, 4.69) is 35.2 Å². The number of aliphatic hydroxyl groups excluding tert-OH is 1. The third-order valence-corrected chi connectivity index (χ3v) is 5.78. The van der Waals surface area contributed by atoms with Crippen LogP contribution in [-0.2, 0) is 0 Å². The van der Waals surface area contributed by atoms with Crippen LogP contribution in [0.5, 0.6) is 0 Å². The molecular formula is C19H24ClN2OS+. The lowest BCUT2D eigenvalue weighted by molar-refractivity contribution is -0.903. The summed E-state index contributed by atoms with van der Waals surface area (Å²) in [6.07, 6.45) is -0.274. The minimum absolute atomic E-state index is 0.274. The van der Waals surface area contributed by atoms with Crippen LogP contribution in [-0.4, -0.2) is 49.7 Å². The second-order valence-corrected chi connectivity index (χ2v) is 7.73. The van der Waals surface area contributed by atoms with Crippen molar-refractivity contribution in [2.75, 3.05) is 43.4 Å². The molecule has 0 saturated carbocycles. The van der Waals surface area contributed by atoms with Gasteiger partial charge in [-0.25, -0.2) is 0 Å². The van der Waals surface area contributed by atoms with E-state index < -0.39 is 0 Å². The quantitative estimate of drug-likeness (QED) is 0.771. The van der Waals surface area contributed by atoms with E-state index in [-0.39, 0.29) is 6.10 Å². The van der Waals surface area contributed by atoms with Gasteiger partial charge in [0.1, 0.15) is 12.6 Å². The number of nitrogens with one attached hydrogen (secondary N) is 1. The maximum atomic E-state index is 10.3. The van der Waals surface area contributed by atoms with Gasteiger partial charge in [-0.3, -0.25) is 0 Å². The molecule has 24 heavy (non-hydrogen) atoms. The van der Waals surface area contributed by atoms with Crippen molar-refractivity contribution in [3.05, 3.63) is 59.6 Å². The van der Waals surface area contributed by atoms with E-state index >= 15 is 0 Å². The lowest BCUT2D eigenvalue weighted by Crippen LogP contribution is -3.15. The van der Waals surface area contributed by atoms with Gasteiger partial charge in [0.2, 0.25) is 0 Å². The smallest absolute Gasteiger partial charge is 0.112 e. The fourth-order valence-electron chi connectivity index (χ4n) is 3.04. The molecule has 1 saturated heterocycles. The zero-order valence-corrected chi connectivity index (χ0v) is 15.3. The lowest BCUT2D eigenvalue weighted by Gasteiger charge is -2.34. The summed E-state index contributed by atoms with van der Waals surface area (Å²) in [6.45, 7) is 5.09. The van der Waals surface area contributed by atoms with Gasteiger partial charge < -0.3 is 14.9 Å². The number of halogens is 1. The number of benzene rings is 2. The van der Waals surface area contributed by atoms with Crippen LogP contribution in [0.25, 0.3) is 0 Å². The molecule has 1 fully saturated rings. The maximum Gasteiger partial charge on any atom is 0.112 e. The minimum Gasteiger partial charge on any atom is -0.386 e. The summed E-state index contributed by atoms with van der Waals surface area (Å²) < 4.78 is 0. The Kier molecular flexibility index (Phi) is 6.44. The lowest BCUT2D eigenvalue weighted by atomic mass is 10.2. The van der Waals surface area contributed by atoms with Gasteiger partial charge in [0.15, 0.2) is 0 Å². The number of thioether (sulfide) groups is 1. The number of piperazine rings is 1. The molecule has 1 aliphatic heterocycles. The molecule has 0 bridgehead atoms. The highest BCUT2D eigenvalue weighted by atomic mass is 35.5. The first-order chi connectivity index (χ1) is 11.7. The van der Waals surface area contributed by atoms with Crippen LogP contribution in [0, 0.1) is 0 Å². The number of quaternary nitrogens is 1. The number of nitrogens with zero attached hydrogens (tertiary/aromatic N) is 1. The van der Waals surface area contributed by atoms with Crippen LogP contribution >= 0.6 is 23.4 Å². The van der Waals surface area contributed by atoms with Gasteiger partial charge in [0.25, 0.3) is 0 Å². The molecule has 128 valence electrons. The van der Waals surface area contributed by atoms with Crippen molar-refractivity contribution < 1.29 is 10.0 Å². The summed E-state index contributed by atoms with van der Waals surface area (Å²) in [5, 5.41) is 11.1. The van der Waals surface area contributed by atoms with Crippen molar-refractivity contribution in [3.8, 4) is 0 Å². The Labute approximate surface area is 153 Å². The highest BCUT2D eigenvalue weighted by Gasteiger charge is 2.22. The van der Waals surface area contributed by atoms with Gasteiger partial charge in [-0.2, -0.15) is 0 Å². The zero-order chi connectivity index (χ0) is 16.8. The number of aliphatic hydroxyl groups is 1. The molecule has 0 amide bonds. The van der Waals surface area contributed by atoms with Gasteiger partial charge in [0, 0.05) is 21.4 Å². The molecule has 0 spiro atoms. The summed E-state index contributed by atoms with van der Waals surface area (Å²) in [4.78, 5) is 5.08. The average Bonchev–Trinajstić information content (AvgIpc) is 2.63. The van der Waals surface area contributed by atoms with Crippen LogP contribution in [0.3, 0.4) is 0 Å². The molecule has 1 aliphatic rings. The standard InChI is InChI=1S/C19H23ClN2OS/c20-16-6-8-19(9-7-16)24-15-18(23)14-21-10-12-22(13-11-21)17-4-2-1-3-5-17/h1-9,18,23H,10-15H2/p+1/t18-/m0/s1. The van der Waals surface area contributed by atoms with E-state index in [1.807, 2.05) is 24.3 Å². The largest absolute Gasteiger partial charge is 0.386 e. The molecule has 1 heterocycles. The molecule has 0 unspecified atom stereocenters. The van der Waals surface area contributed by atoms with E-state index in [0.717, 1.165) is 48.4 Å². The van der Waals surface area contributed by atoms with E-state index in [4.69, 9.17) is 11.6 Å². The fraction of sp³-hybridized carbons (Fsp3) is 0.368. The van der Waals surface area contributed by atoms with Crippen LogP contribution < -0.4 is 9.80 Å². The summed E-state index contributed by atoms with van der Waals surface area (Å²) in [6, 6.07) is 18.4. The third kappa shape index (κ3) is 5.15. The first-order valence-electron chi connectivity index (χ1n) is 8.41. The minimum atomic E-state index is -0.274. The highest BCUT2D eigenvalue weighted by molar-refractivity contribution is 7.99. The Hall–Kier alpha value is -1.20. The number of hydrogen-bond acceptors (Lipinski definition) is 3. The molecule has 0 aromatic heterocycles. The van der Waals surface area contributed by atoms with Crippen molar-refractivity contribution in [3.63, 3.8) is 0 Å². The molecule has 0 aliphatic carbocycles. The molecule has 0 radical (unpaired) electrons.